The summed E-state index contributed by atoms with van der Waals surface area (Å²) in [5.74, 6) is 0.683. The van der Waals surface area contributed by atoms with Crippen molar-refractivity contribution in [2.75, 3.05) is 11.9 Å². The number of anilines is 1. The number of benzene rings is 1. The number of carbonyl (C=O) groups is 2. The van der Waals surface area contributed by atoms with E-state index in [0.29, 0.717) is 18.2 Å². The third-order valence-corrected chi connectivity index (χ3v) is 3.29. The summed E-state index contributed by atoms with van der Waals surface area (Å²) in [4.78, 5) is 27.9. The van der Waals surface area contributed by atoms with Crippen molar-refractivity contribution in [2.45, 2.75) is 26.3 Å². The molecule has 6 nitrogen and oxygen atoms in total. The standard InChI is InChI=1S/C18H21N3O3/c1-3-24-16-9-5-4-8-14(16)15(20-13(2)22)12-18(23)21-17-10-6-7-11-19-17/h4-11,15H,3,12H2,1-2H3,(H,20,22)(H,19,21,23)/t15-/m0/s1. The molecule has 1 heterocycles. The molecule has 0 unspecified atom stereocenters. The van der Waals surface area contributed by atoms with Crippen molar-refractivity contribution in [2.24, 2.45) is 0 Å². The fourth-order valence-corrected chi connectivity index (χ4v) is 2.36. The molecule has 0 bridgehead atoms. The summed E-state index contributed by atoms with van der Waals surface area (Å²) < 4.78 is 5.60. The van der Waals surface area contributed by atoms with Crippen molar-refractivity contribution in [3.63, 3.8) is 0 Å². The van der Waals surface area contributed by atoms with Gasteiger partial charge in [0.05, 0.1) is 19.1 Å². The number of ether oxygens (including phenoxy) is 1. The van der Waals surface area contributed by atoms with Crippen LogP contribution < -0.4 is 15.4 Å². The molecule has 1 atom stereocenters. The smallest absolute Gasteiger partial charge is 0.227 e. The number of para-hydroxylation sites is 1. The second-order valence-corrected chi connectivity index (χ2v) is 5.19. The molecular formula is C18H21N3O3. The number of hydrogen-bond donors (Lipinski definition) is 2. The molecule has 2 rings (SSSR count). The van der Waals surface area contributed by atoms with Crippen LogP contribution in [0, 0.1) is 0 Å². The SMILES string of the molecule is CCOc1ccccc1[C@H](CC(=O)Nc1ccccn1)NC(C)=O. The van der Waals surface area contributed by atoms with Crippen LogP contribution in [0.5, 0.6) is 5.75 Å². The van der Waals surface area contributed by atoms with Crippen LogP contribution in [-0.2, 0) is 9.59 Å². The predicted octanol–water partition coefficient (Wildman–Crippen LogP) is 2.69. The predicted molar refractivity (Wildman–Crippen MR) is 91.7 cm³/mol. The number of hydrogen-bond acceptors (Lipinski definition) is 4. The Morgan fingerprint density at radius 1 is 1.17 bits per heavy atom. The zero-order valence-corrected chi connectivity index (χ0v) is 13.8. The minimum Gasteiger partial charge on any atom is -0.494 e. The summed E-state index contributed by atoms with van der Waals surface area (Å²) in [6.45, 7) is 3.81. The Kier molecular flexibility index (Phi) is 6.31. The molecule has 0 saturated heterocycles. The van der Waals surface area contributed by atoms with Crippen molar-refractivity contribution in [1.82, 2.24) is 10.3 Å². The molecule has 126 valence electrons. The Morgan fingerprint density at radius 3 is 2.58 bits per heavy atom. The lowest BCUT2D eigenvalue weighted by atomic mass is 10.0. The van der Waals surface area contributed by atoms with Gasteiger partial charge in [-0.1, -0.05) is 24.3 Å². The molecule has 1 aromatic heterocycles. The first-order valence-corrected chi connectivity index (χ1v) is 7.80. The molecule has 6 heteroatoms. The Labute approximate surface area is 141 Å². The van der Waals surface area contributed by atoms with Gasteiger partial charge in [-0.25, -0.2) is 4.98 Å². The van der Waals surface area contributed by atoms with E-state index in [1.165, 1.54) is 6.92 Å². The Balaban J connectivity index is 2.16. The van der Waals surface area contributed by atoms with Crippen LogP contribution in [0.25, 0.3) is 0 Å². The van der Waals surface area contributed by atoms with E-state index in [4.69, 9.17) is 4.74 Å². The van der Waals surface area contributed by atoms with Gasteiger partial charge in [-0.3, -0.25) is 9.59 Å². The van der Waals surface area contributed by atoms with Gasteiger partial charge >= 0.3 is 0 Å². The van der Waals surface area contributed by atoms with E-state index in [0.717, 1.165) is 5.56 Å². The first kappa shape index (κ1) is 17.5. The van der Waals surface area contributed by atoms with Crippen LogP contribution in [0.1, 0.15) is 31.9 Å². The number of nitrogens with zero attached hydrogens (tertiary/aromatic N) is 1. The van der Waals surface area contributed by atoms with Crippen LogP contribution in [0.3, 0.4) is 0 Å². The molecule has 0 spiro atoms. The van der Waals surface area contributed by atoms with Crippen LogP contribution in [-0.4, -0.2) is 23.4 Å². The van der Waals surface area contributed by atoms with Crippen LogP contribution in [0.4, 0.5) is 5.82 Å². The van der Waals surface area contributed by atoms with Gasteiger partial charge in [0.2, 0.25) is 11.8 Å². The minimum atomic E-state index is -0.478. The summed E-state index contributed by atoms with van der Waals surface area (Å²) in [6, 6.07) is 12.2. The highest BCUT2D eigenvalue weighted by atomic mass is 16.5. The molecule has 0 aliphatic carbocycles. The lowest BCUT2D eigenvalue weighted by molar-refractivity contribution is -0.120. The van der Waals surface area contributed by atoms with E-state index < -0.39 is 6.04 Å². The Bertz CT molecular complexity index is 689. The Morgan fingerprint density at radius 2 is 1.92 bits per heavy atom. The zero-order chi connectivity index (χ0) is 17.4. The van der Waals surface area contributed by atoms with Gasteiger partial charge in [-0.05, 0) is 25.1 Å². The summed E-state index contributed by atoms with van der Waals surface area (Å²) >= 11 is 0. The fraction of sp³-hybridized carbons (Fsp3) is 0.278. The first-order valence-electron chi connectivity index (χ1n) is 7.80. The first-order chi connectivity index (χ1) is 11.6. The summed E-state index contributed by atoms with van der Waals surface area (Å²) in [5.41, 5.74) is 0.769. The van der Waals surface area contributed by atoms with E-state index in [1.54, 1.807) is 24.4 Å². The molecule has 2 amide bonds. The maximum Gasteiger partial charge on any atom is 0.227 e. The van der Waals surface area contributed by atoms with E-state index in [9.17, 15) is 9.59 Å². The van der Waals surface area contributed by atoms with Gasteiger partial charge in [-0.2, -0.15) is 0 Å². The van der Waals surface area contributed by atoms with Gasteiger partial charge in [0.1, 0.15) is 11.6 Å². The average molecular weight is 327 g/mol. The number of aromatic nitrogens is 1. The molecular weight excluding hydrogens is 306 g/mol. The fourth-order valence-electron chi connectivity index (χ4n) is 2.36. The topological polar surface area (TPSA) is 80.3 Å². The third kappa shape index (κ3) is 5.08. The highest BCUT2D eigenvalue weighted by Gasteiger charge is 2.20. The molecule has 0 radical (unpaired) electrons. The zero-order valence-electron chi connectivity index (χ0n) is 13.8. The van der Waals surface area contributed by atoms with Gasteiger partial charge in [-0.15, -0.1) is 0 Å². The molecule has 0 saturated carbocycles. The lowest BCUT2D eigenvalue weighted by Gasteiger charge is -2.20. The number of pyridine rings is 1. The average Bonchev–Trinajstić information content (AvgIpc) is 2.55. The molecule has 0 fully saturated rings. The second-order valence-electron chi connectivity index (χ2n) is 5.19. The summed E-state index contributed by atoms with van der Waals surface area (Å²) in [7, 11) is 0. The van der Waals surface area contributed by atoms with Gasteiger partial charge in [0.25, 0.3) is 0 Å². The second kappa shape index (κ2) is 8.67. The number of nitrogens with one attached hydrogen (secondary N) is 2. The summed E-state index contributed by atoms with van der Waals surface area (Å²) in [6.07, 6.45) is 1.69. The van der Waals surface area contributed by atoms with Crippen molar-refractivity contribution < 1.29 is 14.3 Å². The molecule has 2 N–H and O–H groups in total. The van der Waals surface area contributed by atoms with Crippen molar-refractivity contribution >= 4 is 17.6 Å². The van der Waals surface area contributed by atoms with E-state index in [-0.39, 0.29) is 18.2 Å². The Hall–Kier alpha value is -2.89. The highest BCUT2D eigenvalue weighted by molar-refractivity contribution is 5.90. The van der Waals surface area contributed by atoms with Crippen LogP contribution in [0.2, 0.25) is 0 Å². The van der Waals surface area contributed by atoms with E-state index in [1.807, 2.05) is 31.2 Å². The third-order valence-electron chi connectivity index (χ3n) is 3.29. The van der Waals surface area contributed by atoms with Gasteiger partial charge < -0.3 is 15.4 Å². The lowest BCUT2D eigenvalue weighted by Crippen LogP contribution is -2.30. The van der Waals surface area contributed by atoms with Crippen LogP contribution in [0.15, 0.2) is 48.7 Å². The van der Waals surface area contributed by atoms with Gasteiger partial charge in [0, 0.05) is 18.7 Å². The monoisotopic (exact) mass is 327 g/mol. The highest BCUT2D eigenvalue weighted by Crippen LogP contribution is 2.27. The normalized spacial score (nSPS) is 11.4. The number of rotatable bonds is 7. The van der Waals surface area contributed by atoms with Crippen molar-refractivity contribution in [3.05, 3.63) is 54.2 Å². The maximum absolute atomic E-state index is 12.3. The molecule has 1 aromatic carbocycles. The largest absolute Gasteiger partial charge is 0.494 e. The maximum atomic E-state index is 12.3. The van der Waals surface area contributed by atoms with Crippen molar-refractivity contribution in [3.8, 4) is 5.75 Å². The minimum absolute atomic E-state index is 0.0836. The number of amides is 2. The molecule has 0 aliphatic heterocycles. The molecule has 24 heavy (non-hydrogen) atoms. The molecule has 2 aromatic rings. The van der Waals surface area contributed by atoms with E-state index >= 15 is 0 Å². The van der Waals surface area contributed by atoms with E-state index in [2.05, 4.69) is 15.6 Å². The molecule has 0 aliphatic rings. The van der Waals surface area contributed by atoms with Crippen LogP contribution >= 0.6 is 0 Å². The summed E-state index contributed by atoms with van der Waals surface area (Å²) in [5, 5.41) is 5.54. The number of carbonyl (C=O) groups excluding carboxylic acids is 2. The van der Waals surface area contributed by atoms with Gasteiger partial charge in [0.15, 0.2) is 0 Å². The quantitative estimate of drug-likeness (QED) is 0.819. The van der Waals surface area contributed by atoms with Crippen molar-refractivity contribution in [1.29, 1.82) is 0 Å².